The molecule has 1 amide bonds. The van der Waals surface area contributed by atoms with Gasteiger partial charge in [0.25, 0.3) is 5.91 Å². The Labute approximate surface area is 140 Å². The van der Waals surface area contributed by atoms with E-state index in [0.717, 1.165) is 5.56 Å². The number of ether oxygens (including phenoxy) is 2. The summed E-state index contributed by atoms with van der Waals surface area (Å²) in [5.74, 6) is 0.888. The summed E-state index contributed by atoms with van der Waals surface area (Å²) in [4.78, 5) is 12.2. The molecule has 0 fully saturated rings. The van der Waals surface area contributed by atoms with Crippen molar-refractivity contribution in [2.24, 2.45) is 0 Å². The summed E-state index contributed by atoms with van der Waals surface area (Å²) < 4.78 is 11.0. The van der Waals surface area contributed by atoms with E-state index < -0.39 is 5.91 Å². The molecule has 0 unspecified atom stereocenters. The minimum absolute atomic E-state index is 0.0441. The number of hydrogen-bond donors (Lipinski definition) is 1. The number of carbonyl (C=O) groups excluding carboxylic acids is 1. The van der Waals surface area contributed by atoms with E-state index >= 15 is 0 Å². The minimum atomic E-state index is -0.406. The van der Waals surface area contributed by atoms with E-state index in [9.17, 15) is 10.1 Å². The number of carbonyl (C=O) groups is 1. The van der Waals surface area contributed by atoms with E-state index in [4.69, 9.17) is 9.47 Å². The maximum absolute atomic E-state index is 12.2. The third kappa shape index (κ3) is 3.73. The molecule has 2 aromatic rings. The molecular weight excluding hydrogens is 304 g/mol. The topological polar surface area (TPSA) is 71.3 Å². The van der Waals surface area contributed by atoms with Gasteiger partial charge in [-0.25, -0.2) is 0 Å². The lowest BCUT2D eigenvalue weighted by Crippen LogP contribution is -2.23. The molecule has 120 valence electrons. The zero-order chi connectivity index (χ0) is 16.8. The highest BCUT2D eigenvalue weighted by Crippen LogP contribution is 2.31. The third-order valence-electron chi connectivity index (χ3n) is 3.54. The van der Waals surface area contributed by atoms with Crippen molar-refractivity contribution in [2.75, 3.05) is 13.2 Å². The lowest BCUT2D eigenvalue weighted by Gasteiger charge is -2.18. The molecule has 3 rings (SSSR count). The second-order valence-electron chi connectivity index (χ2n) is 5.24. The number of amides is 1. The Morgan fingerprint density at radius 2 is 1.88 bits per heavy atom. The van der Waals surface area contributed by atoms with Crippen LogP contribution in [0.3, 0.4) is 0 Å². The Morgan fingerprint density at radius 1 is 1.12 bits per heavy atom. The lowest BCUT2D eigenvalue weighted by molar-refractivity contribution is -0.117. The van der Waals surface area contributed by atoms with Crippen LogP contribution in [0, 0.1) is 11.3 Å². The zero-order valence-electron chi connectivity index (χ0n) is 13.0. The average molecular weight is 320 g/mol. The maximum Gasteiger partial charge on any atom is 0.262 e. The molecule has 0 radical (unpaired) electrons. The van der Waals surface area contributed by atoms with Crippen LogP contribution in [0.15, 0.2) is 54.1 Å². The van der Waals surface area contributed by atoms with E-state index in [-0.39, 0.29) is 5.57 Å². The number of fused-ring (bicyclic) bond motifs is 1. The van der Waals surface area contributed by atoms with Gasteiger partial charge in [-0.3, -0.25) is 4.79 Å². The molecule has 5 heteroatoms. The van der Waals surface area contributed by atoms with Crippen molar-refractivity contribution >= 4 is 12.0 Å². The Hall–Kier alpha value is -3.26. The summed E-state index contributed by atoms with van der Waals surface area (Å²) in [7, 11) is 0. The normalized spacial score (nSPS) is 13.0. The first-order valence-corrected chi connectivity index (χ1v) is 7.60. The average Bonchev–Trinajstić information content (AvgIpc) is 2.65. The second kappa shape index (κ2) is 7.34. The van der Waals surface area contributed by atoms with Crippen molar-refractivity contribution in [3.8, 4) is 17.6 Å². The monoisotopic (exact) mass is 320 g/mol. The van der Waals surface area contributed by atoms with E-state index in [2.05, 4.69) is 5.32 Å². The molecule has 1 heterocycles. The van der Waals surface area contributed by atoms with Gasteiger partial charge < -0.3 is 14.8 Å². The van der Waals surface area contributed by atoms with Crippen LogP contribution < -0.4 is 14.8 Å². The number of nitrogens with one attached hydrogen (secondary N) is 1. The molecule has 2 aromatic carbocycles. The highest BCUT2D eigenvalue weighted by atomic mass is 16.6. The van der Waals surface area contributed by atoms with Crippen LogP contribution >= 0.6 is 0 Å². The summed E-state index contributed by atoms with van der Waals surface area (Å²) in [5.41, 5.74) is 1.73. The molecule has 0 atom stereocenters. The predicted molar refractivity (Wildman–Crippen MR) is 89.3 cm³/mol. The quantitative estimate of drug-likeness (QED) is 0.694. The second-order valence-corrected chi connectivity index (χ2v) is 5.24. The first-order chi connectivity index (χ1) is 11.8. The minimum Gasteiger partial charge on any atom is -0.486 e. The van der Waals surface area contributed by atoms with Crippen LogP contribution in [0.1, 0.15) is 11.1 Å². The van der Waals surface area contributed by atoms with Gasteiger partial charge >= 0.3 is 0 Å². The standard InChI is InChI=1S/C19H16N2O3/c20-12-16(19(22)21-13-14-4-2-1-3-5-14)10-15-6-7-17-18(11-15)24-9-8-23-17/h1-7,10-11H,8-9,13H2,(H,21,22)/b16-10+. The Balaban J connectivity index is 1.72. The molecule has 0 saturated carbocycles. The van der Waals surface area contributed by atoms with Gasteiger partial charge in [0, 0.05) is 6.54 Å². The molecule has 1 N–H and O–H groups in total. The smallest absolute Gasteiger partial charge is 0.262 e. The van der Waals surface area contributed by atoms with Gasteiger partial charge in [0.15, 0.2) is 11.5 Å². The summed E-state index contributed by atoms with van der Waals surface area (Å²) in [6.45, 7) is 1.39. The lowest BCUT2D eigenvalue weighted by atomic mass is 10.1. The van der Waals surface area contributed by atoms with Gasteiger partial charge in [-0.15, -0.1) is 0 Å². The summed E-state index contributed by atoms with van der Waals surface area (Å²) >= 11 is 0. The van der Waals surface area contributed by atoms with Crippen molar-refractivity contribution in [3.05, 3.63) is 65.2 Å². The molecule has 1 aliphatic heterocycles. The van der Waals surface area contributed by atoms with Gasteiger partial charge in [-0.05, 0) is 29.3 Å². The number of nitriles is 1. The van der Waals surface area contributed by atoms with Gasteiger partial charge in [-0.2, -0.15) is 5.26 Å². The first-order valence-electron chi connectivity index (χ1n) is 7.60. The van der Waals surface area contributed by atoms with Crippen LogP contribution in [0.4, 0.5) is 0 Å². The van der Waals surface area contributed by atoms with E-state index in [1.165, 1.54) is 0 Å². The third-order valence-corrected chi connectivity index (χ3v) is 3.54. The predicted octanol–water partition coefficient (Wildman–Crippen LogP) is 2.68. The van der Waals surface area contributed by atoms with Crippen molar-refractivity contribution in [2.45, 2.75) is 6.54 Å². The van der Waals surface area contributed by atoms with Crippen LogP contribution in [0.25, 0.3) is 6.08 Å². The SMILES string of the molecule is N#C/C(=C\c1ccc2c(c1)OCCO2)C(=O)NCc1ccccc1. The summed E-state index contributed by atoms with van der Waals surface area (Å²) in [5, 5.41) is 12.0. The molecule has 0 aromatic heterocycles. The fourth-order valence-corrected chi connectivity index (χ4v) is 2.34. The summed E-state index contributed by atoms with van der Waals surface area (Å²) in [6.07, 6.45) is 1.54. The van der Waals surface area contributed by atoms with E-state index in [1.807, 2.05) is 36.4 Å². The molecule has 0 aliphatic carbocycles. The van der Waals surface area contributed by atoms with Crippen molar-refractivity contribution in [1.29, 1.82) is 5.26 Å². The molecule has 1 aliphatic rings. The van der Waals surface area contributed by atoms with Gasteiger partial charge in [0.05, 0.1) is 0 Å². The van der Waals surface area contributed by atoms with E-state index in [1.54, 1.807) is 24.3 Å². The van der Waals surface area contributed by atoms with Crippen molar-refractivity contribution in [1.82, 2.24) is 5.32 Å². The summed E-state index contributed by atoms with van der Waals surface area (Å²) in [6, 6.07) is 16.8. The van der Waals surface area contributed by atoms with Gasteiger partial charge in [0.1, 0.15) is 24.9 Å². The van der Waals surface area contributed by atoms with Crippen LogP contribution in [0.5, 0.6) is 11.5 Å². The molecular formula is C19H16N2O3. The molecule has 5 nitrogen and oxygen atoms in total. The maximum atomic E-state index is 12.2. The van der Waals surface area contributed by atoms with Crippen LogP contribution in [-0.2, 0) is 11.3 Å². The fourth-order valence-electron chi connectivity index (χ4n) is 2.34. The fraction of sp³-hybridized carbons (Fsp3) is 0.158. The van der Waals surface area contributed by atoms with Gasteiger partial charge in [0.2, 0.25) is 0 Å². The highest BCUT2D eigenvalue weighted by molar-refractivity contribution is 6.01. The number of nitrogens with zero attached hydrogens (tertiary/aromatic N) is 1. The number of hydrogen-bond acceptors (Lipinski definition) is 4. The molecule has 0 bridgehead atoms. The highest BCUT2D eigenvalue weighted by Gasteiger charge is 2.13. The largest absolute Gasteiger partial charge is 0.486 e. The van der Waals surface area contributed by atoms with Gasteiger partial charge in [-0.1, -0.05) is 36.4 Å². The van der Waals surface area contributed by atoms with Crippen LogP contribution in [0.2, 0.25) is 0 Å². The van der Waals surface area contributed by atoms with Crippen molar-refractivity contribution < 1.29 is 14.3 Å². The first kappa shape index (κ1) is 15.6. The van der Waals surface area contributed by atoms with Crippen LogP contribution in [-0.4, -0.2) is 19.1 Å². The zero-order valence-corrected chi connectivity index (χ0v) is 13.0. The Morgan fingerprint density at radius 3 is 2.62 bits per heavy atom. The molecule has 0 saturated heterocycles. The van der Waals surface area contributed by atoms with Crippen molar-refractivity contribution in [3.63, 3.8) is 0 Å². The Kier molecular flexibility index (Phi) is 4.78. The number of rotatable bonds is 4. The molecule has 24 heavy (non-hydrogen) atoms. The van der Waals surface area contributed by atoms with E-state index in [0.29, 0.717) is 36.8 Å². The number of benzene rings is 2. The molecule has 0 spiro atoms. The Bertz CT molecular complexity index is 807.